The second-order valence-corrected chi connectivity index (χ2v) is 9.78. The first-order valence-corrected chi connectivity index (χ1v) is 11.8. The van der Waals surface area contributed by atoms with Gasteiger partial charge in [-0.1, -0.05) is 6.07 Å². The molecule has 186 valence electrons. The summed E-state index contributed by atoms with van der Waals surface area (Å²) in [5, 5.41) is 15.7. The number of nitrogens with zero attached hydrogens (tertiary/aromatic N) is 2. The smallest absolute Gasteiger partial charge is 0.270 e. The molecule has 4 atom stereocenters. The largest absolute Gasteiger partial charge is 0.496 e. The molecule has 1 unspecified atom stereocenters. The van der Waals surface area contributed by atoms with Crippen LogP contribution in [0.15, 0.2) is 24.3 Å². The lowest BCUT2D eigenvalue weighted by molar-refractivity contribution is -0.126. The number of aromatic amines is 1. The van der Waals surface area contributed by atoms with Crippen molar-refractivity contribution in [2.24, 2.45) is 11.8 Å². The van der Waals surface area contributed by atoms with Crippen LogP contribution >= 0.6 is 0 Å². The van der Waals surface area contributed by atoms with Crippen molar-refractivity contribution in [3.8, 4) is 11.8 Å². The zero-order valence-electron chi connectivity index (χ0n) is 20.1. The number of H-pyrrole nitrogens is 1. The molecule has 10 heteroatoms. The van der Waals surface area contributed by atoms with E-state index in [1.165, 1.54) is 18.7 Å². The van der Waals surface area contributed by atoms with Crippen molar-refractivity contribution in [3.05, 3.63) is 30.0 Å². The van der Waals surface area contributed by atoms with Gasteiger partial charge in [0.05, 0.1) is 13.2 Å². The van der Waals surface area contributed by atoms with Crippen molar-refractivity contribution in [2.75, 3.05) is 20.2 Å². The van der Waals surface area contributed by atoms with Crippen molar-refractivity contribution < 1.29 is 23.5 Å². The summed E-state index contributed by atoms with van der Waals surface area (Å²) in [5.41, 5.74) is -0.637. The minimum Gasteiger partial charge on any atom is -0.496 e. The molecule has 9 nitrogen and oxygen atoms in total. The highest BCUT2D eigenvalue weighted by Crippen LogP contribution is 2.36. The number of fused-ring (bicyclic) bond motifs is 1. The fraction of sp³-hybridized carbons (Fsp3) is 0.520. The molecule has 2 aliphatic rings. The molecular formula is C25H30FN5O4. The summed E-state index contributed by atoms with van der Waals surface area (Å²) in [4.78, 5) is 43.1. The predicted octanol–water partition coefficient (Wildman–Crippen LogP) is 2.29. The average molecular weight is 484 g/mol. The van der Waals surface area contributed by atoms with Crippen LogP contribution in [0.4, 0.5) is 4.39 Å². The number of methoxy groups -OCH3 is 1. The number of hydrogen-bond donors (Lipinski definition) is 3. The Morgan fingerprint density at radius 2 is 2.17 bits per heavy atom. The molecule has 0 bridgehead atoms. The number of likely N-dealkylation sites (tertiary alicyclic amines) is 1. The molecule has 0 saturated carbocycles. The molecule has 35 heavy (non-hydrogen) atoms. The molecule has 3 N–H and O–H groups in total. The topological polar surface area (TPSA) is 127 Å². The highest BCUT2D eigenvalue weighted by molar-refractivity contribution is 6.01. The molecule has 0 radical (unpaired) electrons. The third-order valence-electron chi connectivity index (χ3n) is 7.07. The second-order valence-electron chi connectivity index (χ2n) is 9.78. The summed E-state index contributed by atoms with van der Waals surface area (Å²) < 4.78 is 20.3. The summed E-state index contributed by atoms with van der Waals surface area (Å²) in [6.45, 7) is 3.48. The van der Waals surface area contributed by atoms with Crippen LogP contribution in [0.5, 0.6) is 5.75 Å². The zero-order valence-corrected chi connectivity index (χ0v) is 20.1. The maximum Gasteiger partial charge on any atom is 0.270 e. The molecule has 2 fully saturated rings. The van der Waals surface area contributed by atoms with E-state index in [0.717, 1.165) is 5.39 Å². The summed E-state index contributed by atoms with van der Waals surface area (Å²) in [6.07, 6.45) is 0.921. The van der Waals surface area contributed by atoms with Crippen LogP contribution < -0.4 is 15.4 Å². The van der Waals surface area contributed by atoms with Crippen LogP contribution in [0.25, 0.3) is 10.9 Å². The van der Waals surface area contributed by atoms with Crippen LogP contribution in [-0.4, -0.2) is 65.6 Å². The van der Waals surface area contributed by atoms with Crippen LogP contribution in [0.2, 0.25) is 0 Å². The van der Waals surface area contributed by atoms with E-state index in [9.17, 15) is 24.0 Å². The van der Waals surface area contributed by atoms with Crippen LogP contribution in [0, 0.1) is 23.2 Å². The van der Waals surface area contributed by atoms with Crippen molar-refractivity contribution in [1.29, 1.82) is 5.26 Å². The lowest BCUT2D eigenvalue weighted by Crippen LogP contribution is -2.49. The molecule has 3 heterocycles. The van der Waals surface area contributed by atoms with Crippen molar-refractivity contribution in [1.82, 2.24) is 20.5 Å². The monoisotopic (exact) mass is 483 g/mol. The minimum absolute atomic E-state index is 0.0647. The van der Waals surface area contributed by atoms with E-state index in [1.54, 1.807) is 25.3 Å². The van der Waals surface area contributed by atoms with E-state index >= 15 is 0 Å². The van der Waals surface area contributed by atoms with Gasteiger partial charge in [-0.05, 0) is 51.3 Å². The summed E-state index contributed by atoms with van der Waals surface area (Å²) in [5.74, 6) is -1.39. The Morgan fingerprint density at radius 3 is 2.80 bits per heavy atom. The fourth-order valence-corrected chi connectivity index (χ4v) is 4.95. The molecule has 1 aromatic carbocycles. The molecule has 0 aliphatic carbocycles. The Morgan fingerprint density at radius 1 is 1.40 bits per heavy atom. The van der Waals surface area contributed by atoms with E-state index in [0.29, 0.717) is 24.2 Å². The molecule has 2 saturated heterocycles. The lowest BCUT2D eigenvalue weighted by Gasteiger charge is -2.25. The molecular weight excluding hydrogens is 453 g/mol. The summed E-state index contributed by atoms with van der Waals surface area (Å²) in [7, 11) is 1.54. The Balaban J connectivity index is 1.56. The van der Waals surface area contributed by atoms with Crippen molar-refractivity contribution >= 4 is 28.6 Å². The van der Waals surface area contributed by atoms with E-state index < -0.39 is 35.5 Å². The van der Waals surface area contributed by atoms with Gasteiger partial charge in [0.25, 0.3) is 5.91 Å². The number of nitrogens with one attached hydrogen (secondary N) is 3. The highest BCUT2D eigenvalue weighted by atomic mass is 19.1. The Kier molecular flexibility index (Phi) is 6.70. The molecule has 2 aliphatic heterocycles. The number of aromatic nitrogens is 1. The number of benzene rings is 1. The van der Waals surface area contributed by atoms with E-state index in [2.05, 4.69) is 15.6 Å². The van der Waals surface area contributed by atoms with Crippen LogP contribution in [0.1, 0.15) is 43.6 Å². The van der Waals surface area contributed by atoms with Gasteiger partial charge in [0.2, 0.25) is 11.8 Å². The SMILES string of the molecule is COc1cccc2[nH]c(C(=O)N3C[C@H](C(C)(C)F)CC3C(=O)N[C@H](C#N)C[C@@H]3CCNC3=O)cc12. The van der Waals surface area contributed by atoms with Crippen LogP contribution in [-0.2, 0) is 9.59 Å². The summed E-state index contributed by atoms with van der Waals surface area (Å²) >= 11 is 0. The van der Waals surface area contributed by atoms with E-state index in [4.69, 9.17) is 4.74 Å². The highest BCUT2D eigenvalue weighted by Gasteiger charge is 2.46. The fourth-order valence-electron chi connectivity index (χ4n) is 4.95. The van der Waals surface area contributed by atoms with E-state index in [1.807, 2.05) is 12.1 Å². The number of alkyl halides is 1. The van der Waals surface area contributed by atoms with Gasteiger partial charge in [0.1, 0.15) is 29.2 Å². The van der Waals surface area contributed by atoms with Crippen LogP contribution in [0.3, 0.4) is 0 Å². The standard InChI is InChI=1S/C25H30FN5O4/c1-25(2,26)15-10-20(23(33)29-16(12-27)9-14-7-8-28-22(14)32)31(13-15)24(34)19-11-17-18(30-19)5-4-6-21(17)35-3/h4-6,11,14-16,20,30H,7-10,13H2,1-3H3,(H,28,32)(H,29,33)/t14-,15+,16-,20?/m0/s1. The maximum atomic E-state index is 14.9. The number of amides is 3. The third-order valence-corrected chi connectivity index (χ3v) is 7.07. The number of nitriles is 1. The predicted molar refractivity (Wildman–Crippen MR) is 126 cm³/mol. The molecule has 4 rings (SSSR count). The van der Waals surface area contributed by atoms with Gasteiger partial charge in [-0.2, -0.15) is 5.26 Å². The third kappa shape index (κ3) is 4.94. The number of ether oxygens (including phenoxy) is 1. The maximum absolute atomic E-state index is 14.9. The van der Waals surface area contributed by atoms with Crippen molar-refractivity contribution in [2.45, 2.75) is 50.9 Å². The number of rotatable bonds is 7. The molecule has 0 spiro atoms. The number of carbonyl (C=O) groups is 3. The van der Waals surface area contributed by atoms with Gasteiger partial charge in [-0.25, -0.2) is 4.39 Å². The van der Waals surface area contributed by atoms with Gasteiger partial charge in [0.15, 0.2) is 0 Å². The van der Waals surface area contributed by atoms with E-state index in [-0.39, 0.29) is 36.9 Å². The number of hydrogen-bond acceptors (Lipinski definition) is 5. The Hall–Kier alpha value is -3.61. The number of carbonyl (C=O) groups excluding carboxylic acids is 3. The first kappa shape index (κ1) is 24.5. The van der Waals surface area contributed by atoms with Gasteiger partial charge in [-0.3, -0.25) is 14.4 Å². The van der Waals surface area contributed by atoms with Crippen molar-refractivity contribution in [3.63, 3.8) is 0 Å². The normalized spacial score (nSPS) is 23.1. The molecule has 2 aromatic rings. The van der Waals surface area contributed by atoms with Gasteiger partial charge in [-0.15, -0.1) is 0 Å². The van der Waals surface area contributed by atoms with Gasteiger partial charge < -0.3 is 25.3 Å². The zero-order chi connectivity index (χ0) is 25.3. The lowest BCUT2D eigenvalue weighted by atomic mass is 9.90. The quantitative estimate of drug-likeness (QED) is 0.557. The molecule has 1 aromatic heterocycles. The molecule has 3 amide bonds. The first-order chi connectivity index (χ1) is 16.6. The summed E-state index contributed by atoms with van der Waals surface area (Å²) in [6, 6.07) is 7.27. The first-order valence-electron chi connectivity index (χ1n) is 11.8. The Bertz CT molecular complexity index is 1180. The van der Waals surface area contributed by atoms with Gasteiger partial charge >= 0.3 is 0 Å². The Labute approximate surface area is 203 Å². The second kappa shape index (κ2) is 9.56. The van der Waals surface area contributed by atoms with Gasteiger partial charge in [0, 0.05) is 35.8 Å². The number of halogens is 1. The minimum atomic E-state index is -1.60. The average Bonchev–Trinajstić information content (AvgIpc) is 3.55.